The number of hydrogen-bond donors (Lipinski definition) is 1. The first kappa shape index (κ1) is 14.9. The molecule has 6 heteroatoms. The second-order valence-electron chi connectivity index (χ2n) is 5.14. The number of benzene rings is 1. The van der Waals surface area contributed by atoms with Gasteiger partial charge in [-0.05, 0) is 18.6 Å². The maximum absolute atomic E-state index is 12.1. The highest BCUT2D eigenvalue weighted by molar-refractivity contribution is 5.91. The SMILES string of the molecule is Cc1cccc(/C=C/C(=O)N(C)C[C@H](C)c2nn[nH]n2)c1. The summed E-state index contributed by atoms with van der Waals surface area (Å²) in [5, 5.41) is 13.8. The van der Waals surface area contributed by atoms with Gasteiger partial charge in [0.25, 0.3) is 0 Å². The van der Waals surface area contributed by atoms with Crippen molar-refractivity contribution in [3.8, 4) is 0 Å². The molecular weight excluding hydrogens is 266 g/mol. The Balaban J connectivity index is 1.93. The molecule has 1 aromatic heterocycles. The average molecular weight is 285 g/mol. The summed E-state index contributed by atoms with van der Waals surface area (Å²) in [5.41, 5.74) is 2.19. The minimum absolute atomic E-state index is 0.0325. The number of amides is 1. The van der Waals surface area contributed by atoms with Crippen molar-refractivity contribution in [3.05, 3.63) is 47.3 Å². The Bertz CT molecular complexity index is 621. The fourth-order valence-electron chi connectivity index (χ4n) is 2.03. The van der Waals surface area contributed by atoms with E-state index in [9.17, 15) is 4.79 Å². The van der Waals surface area contributed by atoms with Crippen molar-refractivity contribution in [1.29, 1.82) is 0 Å². The highest BCUT2D eigenvalue weighted by Crippen LogP contribution is 2.10. The number of carbonyl (C=O) groups is 1. The van der Waals surface area contributed by atoms with Gasteiger partial charge in [0.2, 0.25) is 5.91 Å². The van der Waals surface area contributed by atoms with Crippen molar-refractivity contribution < 1.29 is 4.79 Å². The first-order chi connectivity index (χ1) is 10.1. The molecule has 0 radical (unpaired) electrons. The smallest absolute Gasteiger partial charge is 0.246 e. The molecule has 0 aliphatic carbocycles. The number of aromatic nitrogens is 4. The van der Waals surface area contributed by atoms with Gasteiger partial charge in [-0.3, -0.25) is 4.79 Å². The van der Waals surface area contributed by atoms with Crippen molar-refractivity contribution in [2.75, 3.05) is 13.6 Å². The van der Waals surface area contributed by atoms with Crippen LogP contribution in [0.5, 0.6) is 0 Å². The molecule has 1 heterocycles. The number of aromatic amines is 1. The molecular formula is C15H19N5O. The van der Waals surface area contributed by atoms with Gasteiger partial charge < -0.3 is 4.90 Å². The van der Waals surface area contributed by atoms with Gasteiger partial charge in [-0.1, -0.05) is 42.0 Å². The average Bonchev–Trinajstić information content (AvgIpc) is 2.99. The molecule has 110 valence electrons. The maximum Gasteiger partial charge on any atom is 0.246 e. The number of tetrazole rings is 1. The second-order valence-corrected chi connectivity index (χ2v) is 5.14. The molecule has 0 aliphatic rings. The van der Waals surface area contributed by atoms with E-state index in [0.717, 1.165) is 5.56 Å². The van der Waals surface area contributed by atoms with Crippen molar-refractivity contribution in [1.82, 2.24) is 25.5 Å². The van der Waals surface area contributed by atoms with Crippen LogP contribution in [0.4, 0.5) is 0 Å². The van der Waals surface area contributed by atoms with E-state index in [0.29, 0.717) is 12.4 Å². The number of nitrogens with one attached hydrogen (secondary N) is 1. The lowest BCUT2D eigenvalue weighted by Gasteiger charge is -2.18. The number of aryl methyl sites for hydroxylation is 1. The Hall–Kier alpha value is -2.50. The zero-order valence-electron chi connectivity index (χ0n) is 12.4. The van der Waals surface area contributed by atoms with E-state index >= 15 is 0 Å². The summed E-state index contributed by atoms with van der Waals surface area (Å²) in [6.45, 7) is 4.52. The van der Waals surface area contributed by atoms with Crippen LogP contribution in [0.3, 0.4) is 0 Å². The van der Waals surface area contributed by atoms with Gasteiger partial charge in [0.1, 0.15) is 0 Å². The summed E-state index contributed by atoms with van der Waals surface area (Å²) in [6, 6.07) is 8.00. The van der Waals surface area contributed by atoms with Crippen LogP contribution in [0.2, 0.25) is 0 Å². The van der Waals surface area contributed by atoms with E-state index in [1.54, 1.807) is 18.0 Å². The van der Waals surface area contributed by atoms with Crippen LogP contribution in [-0.4, -0.2) is 45.0 Å². The monoisotopic (exact) mass is 285 g/mol. The third kappa shape index (κ3) is 4.24. The largest absolute Gasteiger partial charge is 0.341 e. The molecule has 0 fully saturated rings. The molecule has 1 amide bonds. The molecule has 0 aliphatic heterocycles. The first-order valence-corrected chi connectivity index (χ1v) is 6.79. The van der Waals surface area contributed by atoms with Crippen LogP contribution in [0.15, 0.2) is 30.3 Å². The van der Waals surface area contributed by atoms with Gasteiger partial charge in [-0.15, -0.1) is 10.2 Å². The Morgan fingerprint density at radius 3 is 2.95 bits per heavy atom. The fraction of sp³-hybridized carbons (Fsp3) is 0.333. The van der Waals surface area contributed by atoms with Gasteiger partial charge in [-0.2, -0.15) is 5.21 Å². The van der Waals surface area contributed by atoms with Crippen molar-refractivity contribution in [2.24, 2.45) is 0 Å². The first-order valence-electron chi connectivity index (χ1n) is 6.79. The molecule has 2 rings (SSSR count). The molecule has 0 spiro atoms. The van der Waals surface area contributed by atoms with Gasteiger partial charge >= 0.3 is 0 Å². The third-order valence-corrected chi connectivity index (χ3v) is 3.19. The van der Waals surface area contributed by atoms with Crippen LogP contribution in [0, 0.1) is 6.92 Å². The summed E-state index contributed by atoms with van der Waals surface area (Å²) in [4.78, 5) is 13.7. The minimum atomic E-state index is -0.0492. The van der Waals surface area contributed by atoms with Gasteiger partial charge in [0, 0.05) is 25.6 Å². The number of carbonyl (C=O) groups excluding carboxylic acids is 1. The quantitative estimate of drug-likeness (QED) is 0.850. The van der Waals surface area contributed by atoms with Gasteiger partial charge in [-0.25, -0.2) is 0 Å². The van der Waals surface area contributed by atoms with E-state index in [2.05, 4.69) is 20.6 Å². The summed E-state index contributed by atoms with van der Waals surface area (Å²) >= 11 is 0. The summed E-state index contributed by atoms with van der Waals surface area (Å²) < 4.78 is 0. The van der Waals surface area contributed by atoms with Crippen LogP contribution >= 0.6 is 0 Å². The molecule has 6 nitrogen and oxygen atoms in total. The normalized spacial score (nSPS) is 12.5. The van der Waals surface area contributed by atoms with E-state index in [-0.39, 0.29) is 11.8 Å². The second kappa shape index (κ2) is 6.78. The van der Waals surface area contributed by atoms with Crippen LogP contribution < -0.4 is 0 Å². The molecule has 1 N–H and O–H groups in total. The Labute approximate surface area is 123 Å². The van der Waals surface area contributed by atoms with Crippen molar-refractivity contribution >= 4 is 12.0 Å². The van der Waals surface area contributed by atoms with Crippen molar-refractivity contribution in [2.45, 2.75) is 19.8 Å². The van der Waals surface area contributed by atoms with E-state index in [4.69, 9.17) is 0 Å². The molecule has 0 unspecified atom stereocenters. The number of H-pyrrole nitrogens is 1. The number of likely N-dealkylation sites (N-methyl/N-ethyl adjacent to an activating group) is 1. The number of rotatable bonds is 5. The molecule has 0 bridgehead atoms. The van der Waals surface area contributed by atoms with Gasteiger partial charge in [0.05, 0.1) is 0 Å². The predicted molar refractivity (Wildman–Crippen MR) is 80.4 cm³/mol. The lowest BCUT2D eigenvalue weighted by molar-refractivity contribution is -0.124. The lowest BCUT2D eigenvalue weighted by atomic mass is 10.1. The van der Waals surface area contributed by atoms with E-state index in [1.165, 1.54) is 5.56 Å². The molecule has 1 atom stereocenters. The Morgan fingerprint density at radius 2 is 2.29 bits per heavy atom. The maximum atomic E-state index is 12.1. The van der Waals surface area contributed by atoms with Crippen LogP contribution in [0.25, 0.3) is 6.08 Å². The third-order valence-electron chi connectivity index (χ3n) is 3.19. The molecule has 2 aromatic rings. The molecule has 0 saturated carbocycles. The molecule has 1 aromatic carbocycles. The summed E-state index contributed by atoms with van der Waals surface area (Å²) in [5.74, 6) is 0.592. The molecule has 21 heavy (non-hydrogen) atoms. The topological polar surface area (TPSA) is 74.8 Å². The Kier molecular flexibility index (Phi) is 4.81. The minimum Gasteiger partial charge on any atom is -0.341 e. The van der Waals surface area contributed by atoms with E-state index in [1.807, 2.05) is 44.2 Å². The number of nitrogens with zero attached hydrogens (tertiary/aromatic N) is 4. The number of hydrogen-bond acceptors (Lipinski definition) is 4. The van der Waals surface area contributed by atoms with Gasteiger partial charge in [0.15, 0.2) is 5.82 Å². The van der Waals surface area contributed by atoms with Crippen LogP contribution in [-0.2, 0) is 4.79 Å². The molecule has 0 saturated heterocycles. The highest BCUT2D eigenvalue weighted by Gasteiger charge is 2.15. The summed E-state index contributed by atoms with van der Waals surface area (Å²) in [6.07, 6.45) is 3.41. The van der Waals surface area contributed by atoms with Crippen LogP contribution in [0.1, 0.15) is 29.8 Å². The zero-order valence-corrected chi connectivity index (χ0v) is 12.4. The van der Waals surface area contributed by atoms with Crippen molar-refractivity contribution in [3.63, 3.8) is 0 Å². The predicted octanol–water partition coefficient (Wildman–Crippen LogP) is 1.78. The summed E-state index contributed by atoms with van der Waals surface area (Å²) in [7, 11) is 1.76. The fourth-order valence-corrected chi connectivity index (χ4v) is 2.03. The Morgan fingerprint density at radius 1 is 1.48 bits per heavy atom. The van der Waals surface area contributed by atoms with E-state index < -0.39 is 0 Å². The lowest BCUT2D eigenvalue weighted by Crippen LogP contribution is -2.29. The standard InChI is InChI=1S/C15H19N5O/c1-11-5-4-6-13(9-11)7-8-14(21)20(3)10-12(2)15-16-18-19-17-15/h4-9,12H,10H2,1-3H3,(H,16,17,18,19)/b8-7+/t12-/m0/s1. The zero-order chi connectivity index (χ0) is 15.2. The highest BCUT2D eigenvalue weighted by atomic mass is 16.2.